The van der Waals surface area contributed by atoms with E-state index < -0.39 is 0 Å². The van der Waals surface area contributed by atoms with Gasteiger partial charge in [-0.05, 0) is 37.5 Å². The fourth-order valence-electron chi connectivity index (χ4n) is 3.31. The average Bonchev–Trinajstić information content (AvgIpc) is 2.77. The first-order chi connectivity index (χ1) is 8.63. The molecule has 1 aliphatic rings. The molecule has 3 unspecified atom stereocenters. The highest BCUT2D eigenvalue weighted by Crippen LogP contribution is 2.39. The van der Waals surface area contributed by atoms with E-state index >= 15 is 0 Å². The van der Waals surface area contributed by atoms with E-state index in [1.165, 1.54) is 5.82 Å². The smallest absolute Gasteiger partial charge is 0.108 e. The van der Waals surface area contributed by atoms with Gasteiger partial charge in [-0.2, -0.15) is 0 Å². The second-order valence-corrected chi connectivity index (χ2v) is 5.94. The maximum Gasteiger partial charge on any atom is 0.108 e. The van der Waals surface area contributed by atoms with Gasteiger partial charge in [-0.25, -0.2) is 4.98 Å². The summed E-state index contributed by atoms with van der Waals surface area (Å²) in [5, 5.41) is 9.97. The lowest BCUT2D eigenvalue weighted by molar-refractivity contribution is 0.0558. The van der Waals surface area contributed by atoms with Gasteiger partial charge in [0.1, 0.15) is 5.82 Å². The van der Waals surface area contributed by atoms with Gasteiger partial charge >= 0.3 is 0 Å². The van der Waals surface area contributed by atoms with Crippen molar-refractivity contribution in [1.82, 2.24) is 9.55 Å². The highest BCUT2D eigenvalue weighted by molar-refractivity contribution is 4.99. The average molecular weight is 250 g/mol. The Balaban J connectivity index is 2.23. The van der Waals surface area contributed by atoms with Crippen LogP contribution in [-0.2, 0) is 6.42 Å². The Morgan fingerprint density at radius 3 is 2.89 bits per heavy atom. The lowest BCUT2D eigenvalue weighted by Crippen LogP contribution is -2.33. The third-order valence-corrected chi connectivity index (χ3v) is 4.28. The van der Waals surface area contributed by atoms with Gasteiger partial charge in [0.2, 0.25) is 0 Å². The van der Waals surface area contributed by atoms with Crippen LogP contribution in [-0.4, -0.2) is 20.8 Å². The molecule has 0 bridgehead atoms. The first-order valence-corrected chi connectivity index (χ1v) is 7.33. The van der Waals surface area contributed by atoms with E-state index in [9.17, 15) is 5.11 Å². The third kappa shape index (κ3) is 2.77. The number of aromatic nitrogens is 2. The summed E-state index contributed by atoms with van der Waals surface area (Å²) in [4.78, 5) is 4.48. The van der Waals surface area contributed by atoms with E-state index in [1.54, 1.807) is 0 Å². The van der Waals surface area contributed by atoms with Crippen molar-refractivity contribution in [3.63, 3.8) is 0 Å². The number of aliphatic hydroxyl groups is 1. The number of hydrogen-bond acceptors (Lipinski definition) is 2. The maximum absolute atomic E-state index is 9.97. The van der Waals surface area contributed by atoms with Crippen molar-refractivity contribution in [3.8, 4) is 0 Å². The lowest BCUT2D eigenvalue weighted by Gasteiger charge is -2.38. The van der Waals surface area contributed by atoms with Crippen molar-refractivity contribution in [1.29, 1.82) is 0 Å². The van der Waals surface area contributed by atoms with E-state index in [-0.39, 0.29) is 6.10 Å². The van der Waals surface area contributed by atoms with Gasteiger partial charge in [0.25, 0.3) is 0 Å². The zero-order chi connectivity index (χ0) is 13.1. The van der Waals surface area contributed by atoms with Crippen LogP contribution in [0.15, 0.2) is 12.4 Å². The van der Waals surface area contributed by atoms with Crippen LogP contribution in [0.5, 0.6) is 0 Å². The molecule has 0 saturated heterocycles. The summed E-state index contributed by atoms with van der Waals surface area (Å²) in [7, 11) is 0. The zero-order valence-electron chi connectivity index (χ0n) is 11.8. The summed E-state index contributed by atoms with van der Waals surface area (Å²) in [6, 6.07) is 0.429. The first-order valence-electron chi connectivity index (χ1n) is 7.33. The molecule has 1 aromatic rings. The minimum atomic E-state index is -0.137. The predicted molar refractivity (Wildman–Crippen MR) is 73.4 cm³/mol. The summed E-state index contributed by atoms with van der Waals surface area (Å²) in [6.07, 6.45) is 9.00. The number of imidazole rings is 1. The van der Waals surface area contributed by atoms with Gasteiger partial charge in [0.05, 0.1) is 6.10 Å². The van der Waals surface area contributed by atoms with Crippen LogP contribution in [0.1, 0.15) is 58.3 Å². The Morgan fingerprint density at radius 2 is 2.22 bits per heavy atom. The molecular formula is C15H26N2O. The molecule has 18 heavy (non-hydrogen) atoms. The van der Waals surface area contributed by atoms with Crippen molar-refractivity contribution >= 4 is 0 Å². The number of hydrogen-bond donors (Lipinski definition) is 1. The highest BCUT2D eigenvalue weighted by atomic mass is 16.3. The molecule has 0 radical (unpaired) electrons. The second kappa shape index (κ2) is 5.87. The molecule has 102 valence electrons. The van der Waals surface area contributed by atoms with Gasteiger partial charge in [0.15, 0.2) is 0 Å². The van der Waals surface area contributed by atoms with Crippen LogP contribution in [0.2, 0.25) is 0 Å². The molecule has 1 fully saturated rings. The van der Waals surface area contributed by atoms with Crippen molar-refractivity contribution in [3.05, 3.63) is 18.2 Å². The quantitative estimate of drug-likeness (QED) is 0.891. The Labute approximate surface area is 110 Å². The highest BCUT2D eigenvalue weighted by Gasteiger charge is 2.33. The number of rotatable bonds is 4. The summed E-state index contributed by atoms with van der Waals surface area (Å²) in [5.41, 5.74) is 0. The van der Waals surface area contributed by atoms with Crippen LogP contribution in [0, 0.1) is 11.8 Å². The molecular weight excluding hydrogens is 224 g/mol. The number of aliphatic hydroxyl groups excluding tert-OH is 1. The standard InChI is InChI=1S/C15H26N2O/c1-4-5-15-16-8-9-17(15)14-10-12(18)6-7-13(14)11(2)3/h8-9,11-14,18H,4-7,10H2,1-3H3. The molecule has 2 rings (SSSR count). The summed E-state index contributed by atoms with van der Waals surface area (Å²) < 4.78 is 2.33. The largest absolute Gasteiger partial charge is 0.393 e. The fraction of sp³-hybridized carbons (Fsp3) is 0.800. The predicted octanol–water partition coefficient (Wildman–Crippen LogP) is 3.19. The van der Waals surface area contributed by atoms with Crippen molar-refractivity contribution < 1.29 is 5.11 Å². The zero-order valence-corrected chi connectivity index (χ0v) is 11.8. The van der Waals surface area contributed by atoms with Crippen LogP contribution in [0.4, 0.5) is 0 Å². The molecule has 1 saturated carbocycles. The van der Waals surface area contributed by atoms with Crippen molar-refractivity contribution in [2.24, 2.45) is 11.8 Å². The molecule has 0 amide bonds. The van der Waals surface area contributed by atoms with Gasteiger partial charge in [-0.15, -0.1) is 0 Å². The van der Waals surface area contributed by atoms with Crippen molar-refractivity contribution in [2.45, 2.75) is 65.0 Å². The Hall–Kier alpha value is -0.830. The number of nitrogens with zero attached hydrogens (tertiary/aromatic N) is 2. The minimum Gasteiger partial charge on any atom is -0.393 e. The normalized spacial score (nSPS) is 28.8. The Kier molecular flexibility index (Phi) is 4.44. The summed E-state index contributed by atoms with van der Waals surface area (Å²) in [6.45, 7) is 6.78. The molecule has 3 heteroatoms. The Bertz CT molecular complexity index is 372. The van der Waals surface area contributed by atoms with Gasteiger partial charge in [-0.1, -0.05) is 20.8 Å². The van der Waals surface area contributed by atoms with E-state index in [2.05, 4.69) is 36.5 Å². The molecule has 3 atom stereocenters. The first kappa shape index (κ1) is 13.6. The van der Waals surface area contributed by atoms with Gasteiger partial charge < -0.3 is 9.67 Å². The molecule has 1 aliphatic carbocycles. The lowest BCUT2D eigenvalue weighted by atomic mass is 9.76. The van der Waals surface area contributed by atoms with E-state index in [4.69, 9.17) is 0 Å². The van der Waals surface area contributed by atoms with E-state index in [1.807, 2.05) is 6.20 Å². The molecule has 1 N–H and O–H groups in total. The topological polar surface area (TPSA) is 38.0 Å². The van der Waals surface area contributed by atoms with Gasteiger partial charge in [-0.3, -0.25) is 0 Å². The fourth-order valence-corrected chi connectivity index (χ4v) is 3.31. The van der Waals surface area contributed by atoms with Gasteiger partial charge in [0, 0.05) is 24.9 Å². The molecule has 0 spiro atoms. The van der Waals surface area contributed by atoms with Crippen LogP contribution in [0.25, 0.3) is 0 Å². The van der Waals surface area contributed by atoms with Crippen molar-refractivity contribution in [2.75, 3.05) is 0 Å². The Morgan fingerprint density at radius 1 is 1.44 bits per heavy atom. The summed E-state index contributed by atoms with van der Waals surface area (Å²) in [5.74, 6) is 2.51. The molecule has 1 aromatic heterocycles. The third-order valence-electron chi connectivity index (χ3n) is 4.28. The van der Waals surface area contributed by atoms with Crippen LogP contribution >= 0.6 is 0 Å². The van der Waals surface area contributed by atoms with Crippen LogP contribution in [0.3, 0.4) is 0 Å². The molecule has 0 aliphatic heterocycles. The maximum atomic E-state index is 9.97. The molecule has 3 nitrogen and oxygen atoms in total. The van der Waals surface area contributed by atoms with Crippen LogP contribution < -0.4 is 0 Å². The SMILES string of the molecule is CCCc1nccn1C1CC(O)CCC1C(C)C. The molecule has 1 heterocycles. The number of aryl methyl sites for hydroxylation is 1. The summed E-state index contributed by atoms with van der Waals surface area (Å²) >= 11 is 0. The minimum absolute atomic E-state index is 0.137. The second-order valence-electron chi connectivity index (χ2n) is 5.94. The molecule has 0 aromatic carbocycles. The van der Waals surface area contributed by atoms with E-state index in [0.29, 0.717) is 17.9 Å². The monoisotopic (exact) mass is 250 g/mol. The van der Waals surface area contributed by atoms with E-state index in [0.717, 1.165) is 32.1 Å².